The van der Waals surface area contributed by atoms with Gasteiger partial charge in [0.15, 0.2) is 0 Å². The van der Waals surface area contributed by atoms with Gasteiger partial charge >= 0.3 is 0 Å². The molecular weight excluding hydrogens is 192 g/mol. The quantitative estimate of drug-likeness (QED) is 0.428. The molecule has 0 fully saturated rings. The van der Waals surface area contributed by atoms with E-state index >= 15 is 0 Å². The van der Waals surface area contributed by atoms with E-state index in [4.69, 9.17) is 11.6 Å². The van der Waals surface area contributed by atoms with Gasteiger partial charge in [0.1, 0.15) is 6.33 Å². The van der Waals surface area contributed by atoms with E-state index in [0.29, 0.717) is 5.88 Å². The Morgan fingerprint density at radius 2 is 2.33 bits per heavy atom. The monoisotopic (exact) mass is 202 g/mol. The van der Waals surface area contributed by atoms with Crippen molar-refractivity contribution in [2.24, 2.45) is 0 Å². The van der Waals surface area contributed by atoms with E-state index in [1.54, 1.807) is 24.3 Å². The molecule has 0 bridgehead atoms. The Hall–Kier alpha value is -0.280. The van der Waals surface area contributed by atoms with Crippen LogP contribution in [-0.2, 0) is 0 Å². The molecule has 0 spiro atoms. The summed E-state index contributed by atoms with van der Waals surface area (Å²) in [6, 6.07) is 1.89. The highest BCUT2D eigenvalue weighted by molar-refractivity contribution is 8.00. The van der Waals surface area contributed by atoms with Crippen molar-refractivity contribution in [2.45, 2.75) is 23.6 Å². The molecule has 1 aromatic rings. The van der Waals surface area contributed by atoms with Crippen LogP contribution in [0.4, 0.5) is 0 Å². The Balaban J connectivity index is 2.64. The summed E-state index contributed by atoms with van der Waals surface area (Å²) in [6.45, 7) is 4.18. The average molecular weight is 203 g/mol. The second-order valence-corrected chi connectivity index (χ2v) is 5.04. The molecule has 0 N–H and O–H groups in total. The Labute approximate surface area is 81.8 Å². The van der Waals surface area contributed by atoms with Gasteiger partial charge in [-0.25, -0.2) is 9.97 Å². The van der Waals surface area contributed by atoms with E-state index in [0.717, 1.165) is 5.03 Å². The Morgan fingerprint density at radius 1 is 1.58 bits per heavy atom. The number of rotatable bonds is 3. The minimum Gasteiger partial charge on any atom is -0.245 e. The van der Waals surface area contributed by atoms with Crippen molar-refractivity contribution in [2.75, 3.05) is 5.88 Å². The zero-order chi connectivity index (χ0) is 9.03. The van der Waals surface area contributed by atoms with Gasteiger partial charge in [-0.15, -0.1) is 11.6 Å². The molecule has 0 saturated carbocycles. The van der Waals surface area contributed by atoms with Crippen LogP contribution in [0.2, 0.25) is 0 Å². The smallest absolute Gasteiger partial charge is 0.116 e. The SMILES string of the molecule is CC(C)(CCl)Sc1ccncn1. The standard InChI is InChI=1S/C8H11ClN2S/c1-8(2,5-9)12-7-3-4-10-6-11-7/h3-4,6H,5H2,1-2H3. The maximum absolute atomic E-state index is 5.78. The number of alkyl halides is 1. The van der Waals surface area contributed by atoms with Gasteiger partial charge in [-0.1, -0.05) is 11.8 Å². The Kier molecular flexibility index (Phi) is 3.35. The lowest BCUT2D eigenvalue weighted by Crippen LogP contribution is -2.16. The summed E-state index contributed by atoms with van der Waals surface area (Å²) in [4.78, 5) is 7.95. The first-order valence-corrected chi connectivity index (χ1v) is 5.00. The van der Waals surface area contributed by atoms with E-state index in [1.807, 2.05) is 6.07 Å². The van der Waals surface area contributed by atoms with Crippen LogP contribution in [0.3, 0.4) is 0 Å². The normalized spacial score (nSPS) is 11.6. The predicted molar refractivity (Wildman–Crippen MR) is 52.7 cm³/mol. The summed E-state index contributed by atoms with van der Waals surface area (Å²) in [5.74, 6) is 0.613. The molecule has 4 heteroatoms. The second kappa shape index (κ2) is 4.10. The molecule has 66 valence electrons. The number of hydrogen-bond acceptors (Lipinski definition) is 3. The van der Waals surface area contributed by atoms with E-state index in [1.165, 1.54) is 0 Å². The summed E-state index contributed by atoms with van der Waals surface area (Å²) in [5, 5.41) is 0.968. The Bertz CT molecular complexity index is 238. The third kappa shape index (κ3) is 2.99. The van der Waals surface area contributed by atoms with Gasteiger partial charge in [-0.3, -0.25) is 0 Å². The van der Waals surface area contributed by atoms with Crippen molar-refractivity contribution in [1.29, 1.82) is 0 Å². The molecule has 1 aromatic heterocycles. The first-order valence-electron chi connectivity index (χ1n) is 3.65. The van der Waals surface area contributed by atoms with Crippen molar-refractivity contribution >= 4 is 23.4 Å². The zero-order valence-corrected chi connectivity index (χ0v) is 8.69. The molecular formula is C8H11ClN2S. The van der Waals surface area contributed by atoms with Crippen molar-refractivity contribution in [3.05, 3.63) is 18.6 Å². The summed E-state index contributed by atoms with van der Waals surface area (Å²) >= 11 is 7.44. The molecule has 0 atom stereocenters. The number of hydrogen-bond donors (Lipinski definition) is 0. The number of aromatic nitrogens is 2. The van der Waals surface area contributed by atoms with Gasteiger partial charge < -0.3 is 0 Å². The molecule has 0 aliphatic carbocycles. The highest BCUT2D eigenvalue weighted by Crippen LogP contribution is 2.31. The third-order valence-corrected chi connectivity index (χ3v) is 3.23. The summed E-state index contributed by atoms with van der Waals surface area (Å²) in [6.07, 6.45) is 3.28. The maximum Gasteiger partial charge on any atom is 0.116 e. The molecule has 0 aliphatic rings. The summed E-state index contributed by atoms with van der Waals surface area (Å²) in [5.41, 5.74) is 0. The third-order valence-electron chi connectivity index (χ3n) is 1.26. The largest absolute Gasteiger partial charge is 0.245 e. The first-order chi connectivity index (χ1) is 5.64. The van der Waals surface area contributed by atoms with Crippen LogP contribution in [0.1, 0.15) is 13.8 Å². The molecule has 0 unspecified atom stereocenters. The fraction of sp³-hybridized carbons (Fsp3) is 0.500. The molecule has 0 radical (unpaired) electrons. The van der Waals surface area contributed by atoms with Gasteiger partial charge in [-0.05, 0) is 19.9 Å². The van der Waals surface area contributed by atoms with Crippen LogP contribution in [0.5, 0.6) is 0 Å². The van der Waals surface area contributed by atoms with Gasteiger partial charge in [0.2, 0.25) is 0 Å². The highest BCUT2D eigenvalue weighted by Gasteiger charge is 2.18. The number of thioether (sulfide) groups is 1. The fourth-order valence-electron chi connectivity index (χ4n) is 0.649. The highest BCUT2D eigenvalue weighted by atomic mass is 35.5. The van der Waals surface area contributed by atoms with Crippen LogP contribution in [0.15, 0.2) is 23.6 Å². The number of halogens is 1. The summed E-state index contributed by atoms with van der Waals surface area (Å²) in [7, 11) is 0. The molecule has 1 rings (SSSR count). The zero-order valence-electron chi connectivity index (χ0n) is 7.12. The second-order valence-electron chi connectivity index (χ2n) is 3.04. The number of nitrogens with zero attached hydrogens (tertiary/aromatic N) is 2. The maximum atomic E-state index is 5.78. The van der Waals surface area contributed by atoms with E-state index in [-0.39, 0.29) is 4.75 Å². The molecule has 0 aromatic carbocycles. The molecule has 0 aliphatic heterocycles. The van der Waals surface area contributed by atoms with Gasteiger partial charge in [0, 0.05) is 16.8 Å². The topological polar surface area (TPSA) is 25.8 Å². The molecule has 12 heavy (non-hydrogen) atoms. The molecule has 1 heterocycles. The van der Waals surface area contributed by atoms with Crippen molar-refractivity contribution in [3.63, 3.8) is 0 Å². The van der Waals surface area contributed by atoms with E-state index in [9.17, 15) is 0 Å². The van der Waals surface area contributed by atoms with Gasteiger partial charge in [0.05, 0.1) is 5.03 Å². The van der Waals surface area contributed by atoms with Crippen LogP contribution in [-0.4, -0.2) is 20.6 Å². The lowest BCUT2D eigenvalue weighted by atomic mass is 10.2. The minimum absolute atomic E-state index is 0.0376. The Morgan fingerprint density at radius 3 is 2.83 bits per heavy atom. The predicted octanol–water partition coefficient (Wildman–Crippen LogP) is 2.59. The summed E-state index contributed by atoms with van der Waals surface area (Å²) < 4.78 is 0.0376. The molecule has 0 amide bonds. The molecule has 0 saturated heterocycles. The van der Waals surface area contributed by atoms with E-state index < -0.39 is 0 Å². The lowest BCUT2D eigenvalue weighted by Gasteiger charge is -2.19. The van der Waals surface area contributed by atoms with Crippen molar-refractivity contribution in [1.82, 2.24) is 9.97 Å². The van der Waals surface area contributed by atoms with Crippen LogP contribution >= 0.6 is 23.4 Å². The van der Waals surface area contributed by atoms with Gasteiger partial charge in [0.25, 0.3) is 0 Å². The first kappa shape index (κ1) is 9.81. The lowest BCUT2D eigenvalue weighted by molar-refractivity contribution is 0.806. The molecule has 2 nitrogen and oxygen atoms in total. The van der Waals surface area contributed by atoms with Crippen LogP contribution < -0.4 is 0 Å². The van der Waals surface area contributed by atoms with E-state index in [2.05, 4.69) is 23.8 Å². The van der Waals surface area contributed by atoms with Gasteiger partial charge in [-0.2, -0.15) is 0 Å². The minimum atomic E-state index is 0.0376. The van der Waals surface area contributed by atoms with Crippen molar-refractivity contribution < 1.29 is 0 Å². The van der Waals surface area contributed by atoms with Crippen LogP contribution in [0, 0.1) is 0 Å². The fourth-order valence-corrected chi connectivity index (χ4v) is 1.66. The average Bonchev–Trinajstić information content (AvgIpc) is 2.06. The van der Waals surface area contributed by atoms with Crippen molar-refractivity contribution in [3.8, 4) is 0 Å². The van der Waals surface area contributed by atoms with Crippen LogP contribution in [0.25, 0.3) is 0 Å².